The zero-order valence-electron chi connectivity index (χ0n) is 10.8. The second-order valence-corrected chi connectivity index (χ2v) is 8.05. The summed E-state index contributed by atoms with van der Waals surface area (Å²) in [5.74, 6) is 1.16. The normalized spacial score (nSPS) is 41.9. The number of nitrogens with zero attached hydrogens (tertiary/aromatic N) is 1. The zero-order valence-corrected chi connectivity index (χ0v) is 11.6. The van der Waals surface area contributed by atoms with E-state index in [1.807, 2.05) is 7.05 Å². The molecule has 4 atom stereocenters. The molecule has 4 unspecified atom stereocenters. The highest BCUT2D eigenvalue weighted by molar-refractivity contribution is 7.91. The van der Waals surface area contributed by atoms with Crippen LogP contribution in [0.3, 0.4) is 0 Å². The quantitative estimate of drug-likeness (QED) is 0.790. The van der Waals surface area contributed by atoms with Crippen LogP contribution in [0.1, 0.15) is 32.6 Å². The van der Waals surface area contributed by atoms with Crippen LogP contribution in [0.25, 0.3) is 0 Å². The van der Waals surface area contributed by atoms with Crippen molar-refractivity contribution in [1.82, 2.24) is 4.90 Å². The SMILES string of the molecule is CC1CCCC(N(C)C2CS(=O)(=O)CC2N)C1. The van der Waals surface area contributed by atoms with Crippen molar-refractivity contribution in [3.05, 3.63) is 0 Å². The monoisotopic (exact) mass is 260 g/mol. The lowest BCUT2D eigenvalue weighted by molar-refractivity contribution is 0.121. The summed E-state index contributed by atoms with van der Waals surface area (Å²) < 4.78 is 23.2. The lowest BCUT2D eigenvalue weighted by atomic mass is 9.85. The number of sulfone groups is 1. The Morgan fingerprint density at radius 2 is 1.94 bits per heavy atom. The molecule has 0 aromatic heterocycles. The molecule has 5 heteroatoms. The van der Waals surface area contributed by atoms with Crippen molar-refractivity contribution in [2.75, 3.05) is 18.6 Å². The van der Waals surface area contributed by atoms with Gasteiger partial charge in [-0.1, -0.05) is 19.8 Å². The topological polar surface area (TPSA) is 63.4 Å². The smallest absolute Gasteiger partial charge is 0.153 e. The van der Waals surface area contributed by atoms with Gasteiger partial charge < -0.3 is 5.73 Å². The molecule has 0 amide bonds. The Kier molecular flexibility index (Phi) is 3.80. The van der Waals surface area contributed by atoms with Gasteiger partial charge in [-0.25, -0.2) is 8.42 Å². The van der Waals surface area contributed by atoms with E-state index in [2.05, 4.69) is 11.8 Å². The van der Waals surface area contributed by atoms with E-state index >= 15 is 0 Å². The van der Waals surface area contributed by atoms with E-state index in [1.54, 1.807) is 0 Å². The average Bonchev–Trinajstić information content (AvgIpc) is 2.51. The molecule has 4 nitrogen and oxygen atoms in total. The van der Waals surface area contributed by atoms with Crippen LogP contribution < -0.4 is 5.73 Å². The van der Waals surface area contributed by atoms with Gasteiger partial charge in [0.2, 0.25) is 0 Å². The van der Waals surface area contributed by atoms with Gasteiger partial charge in [0.15, 0.2) is 9.84 Å². The minimum absolute atomic E-state index is 0.0234. The molecule has 1 aliphatic heterocycles. The van der Waals surface area contributed by atoms with Crippen LogP contribution in [0, 0.1) is 5.92 Å². The molecule has 0 spiro atoms. The third-order valence-electron chi connectivity index (χ3n) is 4.37. The molecule has 100 valence electrons. The molecule has 1 heterocycles. The van der Waals surface area contributed by atoms with Crippen molar-refractivity contribution in [1.29, 1.82) is 0 Å². The summed E-state index contributed by atoms with van der Waals surface area (Å²) in [5.41, 5.74) is 5.98. The molecule has 2 fully saturated rings. The standard InChI is InChI=1S/C12H24N2O2S/c1-9-4-3-5-10(6-9)14(2)12-8-17(15,16)7-11(12)13/h9-12H,3-8,13H2,1-2H3. The maximum absolute atomic E-state index is 11.6. The van der Waals surface area contributed by atoms with Crippen LogP contribution in [0.5, 0.6) is 0 Å². The first kappa shape index (κ1) is 13.3. The Bertz CT molecular complexity index is 369. The molecule has 0 aromatic rings. The van der Waals surface area contributed by atoms with E-state index in [4.69, 9.17) is 5.73 Å². The van der Waals surface area contributed by atoms with Gasteiger partial charge in [0, 0.05) is 18.1 Å². The van der Waals surface area contributed by atoms with Crippen molar-refractivity contribution in [3.63, 3.8) is 0 Å². The molecule has 0 bridgehead atoms. The van der Waals surface area contributed by atoms with Gasteiger partial charge in [-0.05, 0) is 25.8 Å². The van der Waals surface area contributed by atoms with Gasteiger partial charge in [0.25, 0.3) is 0 Å². The summed E-state index contributed by atoms with van der Waals surface area (Å²) in [4.78, 5) is 2.24. The predicted molar refractivity (Wildman–Crippen MR) is 69.6 cm³/mol. The summed E-state index contributed by atoms with van der Waals surface area (Å²) in [7, 11) is -0.859. The van der Waals surface area contributed by atoms with Crippen LogP contribution in [-0.2, 0) is 9.84 Å². The largest absolute Gasteiger partial charge is 0.325 e. The first-order chi connectivity index (χ1) is 7.89. The molecule has 1 saturated heterocycles. The second-order valence-electron chi connectivity index (χ2n) is 5.90. The van der Waals surface area contributed by atoms with Crippen molar-refractivity contribution >= 4 is 9.84 Å². The van der Waals surface area contributed by atoms with Gasteiger partial charge in [-0.15, -0.1) is 0 Å². The predicted octanol–water partition coefficient (Wildman–Crippen LogP) is 0.621. The lowest BCUT2D eigenvalue weighted by Gasteiger charge is -2.38. The maximum Gasteiger partial charge on any atom is 0.153 e. The Balaban J connectivity index is 2.02. The summed E-state index contributed by atoms with van der Waals surface area (Å²) in [6.45, 7) is 2.28. The van der Waals surface area contributed by atoms with Gasteiger partial charge in [-0.2, -0.15) is 0 Å². The molecule has 2 N–H and O–H groups in total. The molecule has 1 saturated carbocycles. The molecule has 0 radical (unpaired) electrons. The van der Waals surface area contributed by atoms with Crippen LogP contribution in [0.15, 0.2) is 0 Å². The molecule has 17 heavy (non-hydrogen) atoms. The van der Waals surface area contributed by atoms with Crippen molar-refractivity contribution in [2.45, 2.75) is 50.7 Å². The average molecular weight is 260 g/mol. The zero-order chi connectivity index (χ0) is 12.6. The molecule has 2 rings (SSSR count). The summed E-state index contributed by atoms with van der Waals surface area (Å²) in [6, 6.07) is 0.334. The Labute approximate surface area is 104 Å². The summed E-state index contributed by atoms with van der Waals surface area (Å²) >= 11 is 0. The van der Waals surface area contributed by atoms with Crippen LogP contribution in [-0.4, -0.2) is 50.0 Å². The van der Waals surface area contributed by atoms with E-state index in [1.165, 1.54) is 25.7 Å². The molecule has 0 aromatic carbocycles. The summed E-state index contributed by atoms with van der Waals surface area (Å²) in [6.07, 6.45) is 4.92. The molecule has 2 aliphatic rings. The van der Waals surface area contributed by atoms with Crippen molar-refractivity contribution in [3.8, 4) is 0 Å². The van der Waals surface area contributed by atoms with E-state index < -0.39 is 9.84 Å². The first-order valence-corrected chi connectivity index (χ1v) is 8.39. The second kappa shape index (κ2) is 4.86. The molecular weight excluding hydrogens is 236 g/mol. The highest BCUT2D eigenvalue weighted by Gasteiger charge is 2.40. The minimum Gasteiger partial charge on any atom is -0.325 e. The number of hydrogen-bond donors (Lipinski definition) is 1. The van der Waals surface area contributed by atoms with Gasteiger partial charge >= 0.3 is 0 Å². The fraction of sp³-hybridized carbons (Fsp3) is 1.00. The van der Waals surface area contributed by atoms with E-state index in [9.17, 15) is 8.42 Å². The third-order valence-corrected chi connectivity index (χ3v) is 6.12. The first-order valence-electron chi connectivity index (χ1n) is 6.57. The fourth-order valence-corrected chi connectivity index (χ4v) is 5.27. The van der Waals surface area contributed by atoms with E-state index in [-0.39, 0.29) is 23.6 Å². The minimum atomic E-state index is -2.91. The molecular formula is C12H24N2O2S. The Morgan fingerprint density at radius 1 is 1.24 bits per heavy atom. The lowest BCUT2D eigenvalue weighted by Crippen LogP contribution is -2.50. The van der Waals surface area contributed by atoms with Gasteiger partial charge in [0.1, 0.15) is 0 Å². The van der Waals surface area contributed by atoms with Crippen molar-refractivity contribution in [2.24, 2.45) is 11.7 Å². The number of likely N-dealkylation sites (N-methyl/N-ethyl adjacent to an activating group) is 1. The van der Waals surface area contributed by atoms with Crippen LogP contribution in [0.2, 0.25) is 0 Å². The van der Waals surface area contributed by atoms with Crippen LogP contribution >= 0.6 is 0 Å². The van der Waals surface area contributed by atoms with E-state index in [0.717, 1.165) is 5.92 Å². The summed E-state index contributed by atoms with van der Waals surface area (Å²) in [5, 5.41) is 0. The number of rotatable bonds is 2. The fourth-order valence-electron chi connectivity index (χ4n) is 3.32. The highest BCUT2D eigenvalue weighted by atomic mass is 32.2. The number of nitrogens with two attached hydrogens (primary N) is 1. The maximum atomic E-state index is 11.6. The van der Waals surface area contributed by atoms with Gasteiger partial charge in [0.05, 0.1) is 11.5 Å². The third kappa shape index (κ3) is 3.01. The Morgan fingerprint density at radius 3 is 2.47 bits per heavy atom. The highest BCUT2D eigenvalue weighted by Crippen LogP contribution is 2.29. The van der Waals surface area contributed by atoms with Gasteiger partial charge in [-0.3, -0.25) is 4.90 Å². The van der Waals surface area contributed by atoms with Crippen molar-refractivity contribution < 1.29 is 8.42 Å². The molecule has 1 aliphatic carbocycles. The van der Waals surface area contributed by atoms with Crippen LogP contribution in [0.4, 0.5) is 0 Å². The van der Waals surface area contributed by atoms with E-state index in [0.29, 0.717) is 6.04 Å². The Hall–Kier alpha value is -0.130. The number of hydrogen-bond acceptors (Lipinski definition) is 4.